The molecule has 0 aliphatic heterocycles. The van der Waals surface area contributed by atoms with E-state index in [0.29, 0.717) is 5.56 Å². The predicted octanol–water partition coefficient (Wildman–Crippen LogP) is 3.02. The van der Waals surface area contributed by atoms with Gasteiger partial charge in [0.2, 0.25) is 0 Å². The average molecular weight is 283 g/mol. The summed E-state index contributed by atoms with van der Waals surface area (Å²) in [6.07, 6.45) is 0. The summed E-state index contributed by atoms with van der Waals surface area (Å²) in [5.74, 6) is -0.121. The van der Waals surface area contributed by atoms with E-state index in [0.717, 1.165) is 16.9 Å². The maximum atomic E-state index is 12.2. The van der Waals surface area contributed by atoms with Crippen molar-refractivity contribution in [2.45, 2.75) is 13.0 Å². The third kappa shape index (κ3) is 3.83. The smallest absolute Gasteiger partial charge is 0.255 e. The molecule has 1 atom stereocenters. The number of hydrogen-bond acceptors (Lipinski definition) is 3. The molecule has 4 nitrogen and oxygen atoms in total. The summed E-state index contributed by atoms with van der Waals surface area (Å²) in [4.78, 5) is 14.2. The van der Waals surface area contributed by atoms with E-state index in [1.165, 1.54) is 0 Å². The molecule has 2 aromatic rings. The molecule has 0 saturated carbocycles. The Morgan fingerprint density at radius 2 is 1.62 bits per heavy atom. The third-order valence-electron chi connectivity index (χ3n) is 3.34. The number of nitrogens with two attached hydrogens (primary N) is 1. The Morgan fingerprint density at radius 1 is 1.05 bits per heavy atom. The van der Waals surface area contributed by atoms with Crippen molar-refractivity contribution in [1.29, 1.82) is 0 Å². The molecule has 1 amide bonds. The van der Waals surface area contributed by atoms with Crippen molar-refractivity contribution in [2.75, 3.05) is 24.3 Å². The van der Waals surface area contributed by atoms with E-state index in [4.69, 9.17) is 5.73 Å². The number of nitrogens with zero attached hydrogens (tertiary/aromatic N) is 1. The lowest BCUT2D eigenvalue weighted by molar-refractivity contribution is 0.102. The summed E-state index contributed by atoms with van der Waals surface area (Å²) >= 11 is 0. The van der Waals surface area contributed by atoms with E-state index < -0.39 is 0 Å². The molecule has 0 fully saturated rings. The first-order valence-corrected chi connectivity index (χ1v) is 6.91. The zero-order valence-electron chi connectivity index (χ0n) is 12.6. The number of benzene rings is 2. The van der Waals surface area contributed by atoms with Crippen LogP contribution in [0.25, 0.3) is 0 Å². The molecule has 110 valence electrons. The second kappa shape index (κ2) is 6.41. The van der Waals surface area contributed by atoms with E-state index in [9.17, 15) is 4.79 Å². The van der Waals surface area contributed by atoms with Gasteiger partial charge in [0, 0.05) is 37.1 Å². The van der Waals surface area contributed by atoms with Crippen molar-refractivity contribution < 1.29 is 4.79 Å². The maximum absolute atomic E-state index is 12.2. The monoisotopic (exact) mass is 283 g/mol. The normalized spacial score (nSPS) is 11.8. The summed E-state index contributed by atoms with van der Waals surface area (Å²) in [5, 5.41) is 2.88. The van der Waals surface area contributed by atoms with E-state index in [1.54, 1.807) is 12.1 Å². The number of rotatable bonds is 4. The van der Waals surface area contributed by atoms with Gasteiger partial charge in [0.25, 0.3) is 5.91 Å². The van der Waals surface area contributed by atoms with Crippen molar-refractivity contribution in [2.24, 2.45) is 5.73 Å². The highest BCUT2D eigenvalue weighted by atomic mass is 16.1. The van der Waals surface area contributed by atoms with Crippen LogP contribution in [0.2, 0.25) is 0 Å². The predicted molar refractivity (Wildman–Crippen MR) is 87.8 cm³/mol. The van der Waals surface area contributed by atoms with Gasteiger partial charge in [-0.1, -0.05) is 12.1 Å². The molecule has 0 heterocycles. The fraction of sp³-hybridized carbons (Fsp3) is 0.235. The number of nitrogens with one attached hydrogen (secondary N) is 1. The Hall–Kier alpha value is -2.33. The minimum Gasteiger partial charge on any atom is -0.378 e. The zero-order chi connectivity index (χ0) is 15.4. The van der Waals surface area contributed by atoms with Gasteiger partial charge in [0.15, 0.2) is 0 Å². The molecule has 1 unspecified atom stereocenters. The Kier molecular flexibility index (Phi) is 4.60. The maximum Gasteiger partial charge on any atom is 0.255 e. The molecule has 0 bridgehead atoms. The Balaban J connectivity index is 2.06. The lowest BCUT2D eigenvalue weighted by Gasteiger charge is -2.13. The summed E-state index contributed by atoms with van der Waals surface area (Å²) in [7, 11) is 3.96. The number of carbonyl (C=O) groups is 1. The molecule has 21 heavy (non-hydrogen) atoms. The molecule has 0 saturated heterocycles. The van der Waals surface area contributed by atoms with E-state index in [-0.39, 0.29) is 11.9 Å². The molecule has 2 aromatic carbocycles. The second-order valence-corrected chi connectivity index (χ2v) is 5.31. The SMILES string of the molecule is CC(N)c1ccc(C(=O)Nc2ccc(N(C)C)cc2)cc1. The van der Waals surface area contributed by atoms with Gasteiger partial charge in [-0.15, -0.1) is 0 Å². The number of hydrogen-bond donors (Lipinski definition) is 2. The van der Waals surface area contributed by atoms with Crippen LogP contribution in [0.3, 0.4) is 0 Å². The average Bonchev–Trinajstić information content (AvgIpc) is 2.47. The molecule has 0 radical (unpaired) electrons. The van der Waals surface area contributed by atoms with Crippen molar-refractivity contribution in [3.05, 3.63) is 59.7 Å². The molecule has 0 aliphatic rings. The molecule has 0 aromatic heterocycles. The van der Waals surface area contributed by atoms with Crippen molar-refractivity contribution in [1.82, 2.24) is 0 Å². The molecular weight excluding hydrogens is 262 g/mol. The van der Waals surface area contributed by atoms with Crippen LogP contribution in [0.15, 0.2) is 48.5 Å². The summed E-state index contributed by atoms with van der Waals surface area (Å²) < 4.78 is 0. The lowest BCUT2D eigenvalue weighted by Crippen LogP contribution is -2.13. The van der Waals surface area contributed by atoms with E-state index >= 15 is 0 Å². The highest BCUT2D eigenvalue weighted by molar-refractivity contribution is 6.04. The summed E-state index contributed by atoms with van der Waals surface area (Å²) in [6, 6.07) is 15.0. The van der Waals surface area contributed by atoms with Crippen LogP contribution in [0.5, 0.6) is 0 Å². The van der Waals surface area contributed by atoms with Gasteiger partial charge in [-0.05, 0) is 48.9 Å². The van der Waals surface area contributed by atoms with Crippen LogP contribution in [0, 0.1) is 0 Å². The van der Waals surface area contributed by atoms with Gasteiger partial charge in [-0.2, -0.15) is 0 Å². The van der Waals surface area contributed by atoms with Gasteiger partial charge in [-0.3, -0.25) is 4.79 Å². The number of amides is 1. The van der Waals surface area contributed by atoms with Gasteiger partial charge in [0.05, 0.1) is 0 Å². The molecule has 0 spiro atoms. The molecule has 3 N–H and O–H groups in total. The highest BCUT2D eigenvalue weighted by Gasteiger charge is 2.07. The third-order valence-corrected chi connectivity index (χ3v) is 3.34. The molecule has 4 heteroatoms. The topological polar surface area (TPSA) is 58.4 Å². The highest BCUT2D eigenvalue weighted by Crippen LogP contribution is 2.17. The first-order valence-electron chi connectivity index (χ1n) is 6.91. The minimum absolute atomic E-state index is 0.0271. The van der Waals surface area contributed by atoms with Crippen LogP contribution in [0.1, 0.15) is 28.9 Å². The fourth-order valence-corrected chi connectivity index (χ4v) is 1.98. The molecule has 0 aliphatic carbocycles. The van der Waals surface area contributed by atoms with Crippen molar-refractivity contribution in [3.63, 3.8) is 0 Å². The number of anilines is 2. The second-order valence-electron chi connectivity index (χ2n) is 5.31. The lowest BCUT2D eigenvalue weighted by atomic mass is 10.1. The fourth-order valence-electron chi connectivity index (χ4n) is 1.98. The first kappa shape index (κ1) is 15.1. The van der Waals surface area contributed by atoms with Gasteiger partial charge in [-0.25, -0.2) is 0 Å². The summed E-state index contributed by atoms with van der Waals surface area (Å²) in [5.41, 5.74) is 9.31. The van der Waals surface area contributed by atoms with Crippen LogP contribution in [-0.4, -0.2) is 20.0 Å². The number of carbonyl (C=O) groups excluding carboxylic acids is 1. The first-order chi connectivity index (χ1) is 9.97. The van der Waals surface area contributed by atoms with Gasteiger partial charge in [0.1, 0.15) is 0 Å². The molecular formula is C17H21N3O. The van der Waals surface area contributed by atoms with Crippen LogP contribution >= 0.6 is 0 Å². The van der Waals surface area contributed by atoms with Crippen molar-refractivity contribution >= 4 is 17.3 Å². The van der Waals surface area contributed by atoms with Gasteiger partial charge < -0.3 is 16.0 Å². The summed E-state index contributed by atoms with van der Waals surface area (Å²) in [6.45, 7) is 1.92. The van der Waals surface area contributed by atoms with Gasteiger partial charge >= 0.3 is 0 Å². The Labute approximate surface area is 125 Å². The van der Waals surface area contributed by atoms with Crippen LogP contribution < -0.4 is 16.0 Å². The quantitative estimate of drug-likeness (QED) is 0.906. The molecule has 2 rings (SSSR count). The largest absolute Gasteiger partial charge is 0.378 e. The van der Waals surface area contributed by atoms with Crippen molar-refractivity contribution in [3.8, 4) is 0 Å². The Morgan fingerprint density at radius 3 is 2.10 bits per heavy atom. The van der Waals surface area contributed by atoms with E-state index in [2.05, 4.69) is 5.32 Å². The van der Waals surface area contributed by atoms with Crippen LogP contribution in [0.4, 0.5) is 11.4 Å². The van der Waals surface area contributed by atoms with Crippen LogP contribution in [-0.2, 0) is 0 Å². The zero-order valence-corrected chi connectivity index (χ0v) is 12.6. The minimum atomic E-state index is -0.121. The van der Waals surface area contributed by atoms with E-state index in [1.807, 2.05) is 62.3 Å². The standard InChI is InChI=1S/C17H21N3O/c1-12(18)13-4-6-14(7-5-13)17(21)19-15-8-10-16(11-9-15)20(2)3/h4-12H,18H2,1-3H3,(H,19,21). The Bertz CT molecular complexity index is 601.